The van der Waals surface area contributed by atoms with Crippen molar-refractivity contribution in [3.63, 3.8) is 0 Å². The lowest BCUT2D eigenvalue weighted by Crippen LogP contribution is -2.47. The molecule has 0 radical (unpaired) electrons. The Morgan fingerprint density at radius 3 is 2.45 bits per heavy atom. The van der Waals surface area contributed by atoms with Crippen molar-refractivity contribution in [2.75, 3.05) is 0 Å². The maximum absolute atomic E-state index is 14.0. The molecule has 1 aromatic heterocycles. The van der Waals surface area contributed by atoms with Crippen LogP contribution >= 0.6 is 0 Å². The Balaban J connectivity index is 2.15. The van der Waals surface area contributed by atoms with Gasteiger partial charge in [-0.1, -0.05) is 13.0 Å². The predicted molar refractivity (Wildman–Crippen MR) is 100.0 cm³/mol. The van der Waals surface area contributed by atoms with Gasteiger partial charge in [0.25, 0.3) is 11.8 Å². The average molecular weight is 475 g/mol. The summed E-state index contributed by atoms with van der Waals surface area (Å²) in [6.07, 6.45) is -6.01. The largest absolute Gasteiger partial charge is 0.505 e. The lowest BCUT2D eigenvalue weighted by molar-refractivity contribution is -0.272. The smallest absolute Gasteiger partial charge is 0.417 e. The Kier molecular flexibility index (Phi) is 5.96. The maximum atomic E-state index is 14.0. The van der Waals surface area contributed by atoms with Gasteiger partial charge in [-0.25, -0.2) is 9.38 Å². The van der Waals surface area contributed by atoms with Crippen LogP contribution in [0.5, 0.6) is 5.75 Å². The van der Waals surface area contributed by atoms with E-state index < -0.39 is 70.2 Å². The number of hydrogen-bond acceptors (Lipinski definition) is 5. The molecule has 1 fully saturated rings. The van der Waals surface area contributed by atoms with Crippen LogP contribution < -0.4 is 11.1 Å². The molecule has 1 saturated heterocycles. The molecule has 0 bridgehead atoms. The number of halogens is 5. The van der Waals surface area contributed by atoms with Crippen LogP contribution in [0.3, 0.4) is 0 Å². The van der Waals surface area contributed by atoms with Gasteiger partial charge >= 0.3 is 6.18 Å². The summed E-state index contributed by atoms with van der Waals surface area (Å²) >= 11 is 0. The lowest BCUT2D eigenvalue weighted by atomic mass is 9.77. The molecule has 3 rings (SSSR count). The van der Waals surface area contributed by atoms with Crippen molar-refractivity contribution < 1.29 is 46.6 Å². The number of alkyl halides is 3. The molecule has 8 nitrogen and oxygen atoms in total. The SMILES string of the molecule is C[C@H]1[C@H](c2ccc(F)c(F)c2O)[C@H](C(=O)N=c2ccn(O)c(C(N)=O)c2)O[C@]1(C)C(F)(F)F. The summed E-state index contributed by atoms with van der Waals surface area (Å²) in [5.41, 5.74) is 1.25. The summed E-state index contributed by atoms with van der Waals surface area (Å²) < 4.78 is 74.4. The molecule has 1 aliphatic rings. The van der Waals surface area contributed by atoms with Gasteiger partial charge < -0.3 is 20.8 Å². The number of rotatable bonds is 3. The van der Waals surface area contributed by atoms with Crippen molar-refractivity contribution in [1.82, 2.24) is 4.73 Å². The molecule has 33 heavy (non-hydrogen) atoms. The molecule has 0 saturated carbocycles. The molecule has 2 heterocycles. The second kappa shape index (κ2) is 8.14. The highest BCUT2D eigenvalue weighted by atomic mass is 19.4. The molecular weight excluding hydrogens is 457 g/mol. The number of amides is 2. The highest BCUT2D eigenvalue weighted by molar-refractivity contribution is 5.91. The van der Waals surface area contributed by atoms with E-state index in [9.17, 15) is 41.9 Å². The first-order valence-electron chi connectivity index (χ1n) is 9.40. The van der Waals surface area contributed by atoms with E-state index in [4.69, 9.17) is 10.5 Å². The van der Waals surface area contributed by atoms with E-state index in [0.29, 0.717) is 17.7 Å². The molecular formula is C20H18F5N3O5. The van der Waals surface area contributed by atoms with Gasteiger partial charge in [-0.15, -0.1) is 0 Å². The molecule has 0 unspecified atom stereocenters. The number of carbonyl (C=O) groups excluding carboxylic acids is 2. The average Bonchev–Trinajstić information content (AvgIpc) is 3.00. The predicted octanol–water partition coefficient (Wildman–Crippen LogP) is 2.38. The van der Waals surface area contributed by atoms with Crippen molar-refractivity contribution in [1.29, 1.82) is 0 Å². The van der Waals surface area contributed by atoms with Crippen molar-refractivity contribution in [2.45, 2.75) is 37.6 Å². The van der Waals surface area contributed by atoms with Crippen LogP contribution in [0.4, 0.5) is 22.0 Å². The van der Waals surface area contributed by atoms with Gasteiger partial charge in [-0.2, -0.15) is 22.3 Å². The monoisotopic (exact) mass is 475 g/mol. The number of benzene rings is 1. The zero-order valence-corrected chi connectivity index (χ0v) is 17.1. The normalized spacial score (nSPS) is 25.9. The molecule has 178 valence electrons. The first-order valence-corrected chi connectivity index (χ1v) is 9.40. The first-order chi connectivity index (χ1) is 15.2. The summed E-state index contributed by atoms with van der Waals surface area (Å²) in [4.78, 5) is 27.9. The molecule has 1 aliphatic heterocycles. The molecule has 4 N–H and O–H groups in total. The number of aromatic nitrogens is 1. The summed E-state index contributed by atoms with van der Waals surface area (Å²) in [6, 6.07) is 3.44. The van der Waals surface area contributed by atoms with Crippen LogP contribution in [-0.2, 0) is 9.53 Å². The number of aromatic hydroxyl groups is 1. The molecule has 1 aromatic carbocycles. The maximum Gasteiger partial charge on any atom is 0.417 e. The summed E-state index contributed by atoms with van der Waals surface area (Å²) in [7, 11) is 0. The minimum atomic E-state index is -4.97. The third-order valence-electron chi connectivity index (χ3n) is 5.78. The number of primary amides is 1. The molecule has 4 atom stereocenters. The fourth-order valence-electron chi connectivity index (χ4n) is 3.76. The van der Waals surface area contributed by atoms with Gasteiger partial charge in [-0.3, -0.25) is 9.59 Å². The Morgan fingerprint density at radius 2 is 1.88 bits per heavy atom. The van der Waals surface area contributed by atoms with Gasteiger partial charge in [-0.05, 0) is 25.1 Å². The Bertz CT molecular complexity index is 1200. The number of hydrogen-bond donors (Lipinski definition) is 3. The zero-order chi connectivity index (χ0) is 24.9. The third kappa shape index (κ3) is 4.03. The van der Waals surface area contributed by atoms with E-state index in [-0.39, 0.29) is 5.36 Å². The number of phenolic OH excluding ortho intramolecular Hbond substituents is 1. The summed E-state index contributed by atoms with van der Waals surface area (Å²) in [6.45, 7) is 1.78. The molecule has 0 aliphatic carbocycles. The number of pyridine rings is 1. The quantitative estimate of drug-likeness (QED) is 0.464. The number of nitrogens with two attached hydrogens (primary N) is 1. The van der Waals surface area contributed by atoms with Crippen LogP contribution in [0.15, 0.2) is 35.5 Å². The van der Waals surface area contributed by atoms with Crippen LogP contribution in [-0.4, -0.2) is 44.7 Å². The number of ether oxygens (including phenoxy) is 1. The highest BCUT2D eigenvalue weighted by Gasteiger charge is 2.65. The van der Waals surface area contributed by atoms with Gasteiger partial charge in [0.05, 0.1) is 5.36 Å². The molecule has 0 spiro atoms. The number of carbonyl (C=O) groups is 2. The fourth-order valence-corrected chi connectivity index (χ4v) is 3.76. The zero-order valence-electron chi connectivity index (χ0n) is 17.1. The standard InChI is InChI=1S/C20H18F5N3O5/c1-8-13(10-3-4-11(21)14(22)15(10)29)16(33-19(8,2)20(23,24)25)18(31)27-9-5-6-28(32)12(7-9)17(26)30/h3-8,13,16,29,32H,1-2H3,(H2,26,30)/t8-,13+,16+,19-/m0/s1. The second-order valence-corrected chi connectivity index (χ2v) is 7.69. The van der Waals surface area contributed by atoms with Crippen molar-refractivity contribution in [3.8, 4) is 5.75 Å². The third-order valence-corrected chi connectivity index (χ3v) is 5.78. The first kappa shape index (κ1) is 24.2. The van der Waals surface area contributed by atoms with Crippen molar-refractivity contribution >= 4 is 11.8 Å². The van der Waals surface area contributed by atoms with Gasteiger partial charge in [0.15, 0.2) is 17.2 Å². The topological polar surface area (TPSA) is 127 Å². The van der Waals surface area contributed by atoms with Crippen LogP contribution in [0.25, 0.3) is 0 Å². The molecule has 13 heteroatoms. The molecule has 2 amide bonds. The van der Waals surface area contributed by atoms with Gasteiger partial charge in [0, 0.05) is 23.6 Å². The highest BCUT2D eigenvalue weighted by Crippen LogP contribution is 2.54. The van der Waals surface area contributed by atoms with Crippen LogP contribution in [0.2, 0.25) is 0 Å². The summed E-state index contributed by atoms with van der Waals surface area (Å²) in [5, 5.41) is 19.4. The molecule has 2 aromatic rings. The Morgan fingerprint density at radius 1 is 1.24 bits per heavy atom. The van der Waals surface area contributed by atoms with Crippen molar-refractivity contribution in [3.05, 3.63) is 58.7 Å². The van der Waals surface area contributed by atoms with Gasteiger partial charge in [0.2, 0.25) is 5.82 Å². The van der Waals surface area contributed by atoms with Gasteiger partial charge in [0.1, 0.15) is 11.8 Å². The number of phenols is 1. The van der Waals surface area contributed by atoms with E-state index in [1.165, 1.54) is 0 Å². The lowest BCUT2D eigenvalue weighted by Gasteiger charge is -2.31. The van der Waals surface area contributed by atoms with E-state index in [1.807, 2.05) is 0 Å². The van der Waals surface area contributed by atoms with Crippen molar-refractivity contribution in [2.24, 2.45) is 16.6 Å². The van der Waals surface area contributed by atoms with E-state index in [1.54, 1.807) is 0 Å². The summed E-state index contributed by atoms with van der Waals surface area (Å²) in [5.74, 6) is -9.81. The minimum absolute atomic E-state index is 0.246. The Labute approximate surface area is 182 Å². The second-order valence-electron chi connectivity index (χ2n) is 7.69. The van der Waals surface area contributed by atoms with Crippen LogP contribution in [0.1, 0.15) is 35.8 Å². The van der Waals surface area contributed by atoms with Crippen LogP contribution in [0, 0.1) is 17.6 Å². The van der Waals surface area contributed by atoms with E-state index in [0.717, 1.165) is 31.3 Å². The van der Waals surface area contributed by atoms with E-state index in [2.05, 4.69) is 4.99 Å². The fraction of sp³-hybridized carbons (Fsp3) is 0.350. The van der Waals surface area contributed by atoms with E-state index >= 15 is 0 Å². The number of nitrogens with zero attached hydrogens (tertiary/aromatic N) is 2. The Hall–Kier alpha value is -3.48. The minimum Gasteiger partial charge on any atom is -0.505 e.